The molecular weight excluding hydrogens is 531 g/mol. The van der Waals surface area contributed by atoms with Crippen LogP contribution in [0.3, 0.4) is 0 Å². The smallest absolute Gasteiger partial charge is 0.169 e. The standard InChI is InChI=1S/C18H18O2.C12H7Cl3O2/c1-3-5-13-7-9-17(19)15(11-13)16-12-14(6-4-2)8-10-18(16)20;13-7-1-3-11(9(15)5-7)17-12-4-2-8(14)6-10(12)16/h3-4,7-12,19-20H,1-2,5-6H2;1-6,16H. The molecule has 0 amide bonds. The summed E-state index contributed by atoms with van der Waals surface area (Å²) in [4.78, 5) is 0. The molecule has 190 valence electrons. The lowest BCUT2D eigenvalue weighted by atomic mass is 9.97. The Hall–Kier alpha value is -3.57. The van der Waals surface area contributed by atoms with Crippen molar-refractivity contribution in [1.82, 2.24) is 0 Å². The fraction of sp³-hybridized carbons (Fsp3) is 0.0667. The molecule has 0 saturated heterocycles. The molecule has 4 rings (SSSR count). The third kappa shape index (κ3) is 7.70. The monoisotopic (exact) mass is 554 g/mol. The molecule has 0 unspecified atom stereocenters. The summed E-state index contributed by atoms with van der Waals surface area (Å²) in [6, 6.07) is 20.1. The predicted molar refractivity (Wildman–Crippen MR) is 153 cm³/mol. The van der Waals surface area contributed by atoms with Crippen LogP contribution in [0.2, 0.25) is 15.1 Å². The fourth-order valence-corrected chi connectivity index (χ4v) is 4.05. The van der Waals surface area contributed by atoms with E-state index in [1.54, 1.807) is 42.5 Å². The van der Waals surface area contributed by atoms with Crippen LogP contribution in [0.15, 0.2) is 98.1 Å². The van der Waals surface area contributed by atoms with Gasteiger partial charge in [0.25, 0.3) is 0 Å². The molecule has 0 radical (unpaired) electrons. The van der Waals surface area contributed by atoms with Crippen LogP contribution in [0, 0.1) is 0 Å². The molecule has 0 heterocycles. The summed E-state index contributed by atoms with van der Waals surface area (Å²) in [5.41, 5.74) is 3.35. The third-order valence-electron chi connectivity index (χ3n) is 5.21. The molecular formula is C30H25Cl3O4. The van der Waals surface area contributed by atoms with Gasteiger partial charge in [-0.25, -0.2) is 0 Å². The summed E-state index contributed by atoms with van der Waals surface area (Å²) in [6.07, 6.45) is 5.06. The summed E-state index contributed by atoms with van der Waals surface area (Å²) in [7, 11) is 0. The van der Waals surface area contributed by atoms with Gasteiger partial charge in [-0.15, -0.1) is 13.2 Å². The van der Waals surface area contributed by atoms with Gasteiger partial charge in [0, 0.05) is 27.2 Å². The Morgan fingerprint density at radius 3 is 1.54 bits per heavy atom. The number of hydrogen-bond donors (Lipinski definition) is 3. The molecule has 0 fully saturated rings. The average Bonchev–Trinajstić information content (AvgIpc) is 2.85. The lowest BCUT2D eigenvalue weighted by Gasteiger charge is -2.10. The van der Waals surface area contributed by atoms with Crippen molar-refractivity contribution < 1.29 is 20.1 Å². The number of aromatic hydroxyl groups is 3. The van der Waals surface area contributed by atoms with Crippen molar-refractivity contribution in [3.8, 4) is 39.9 Å². The Morgan fingerprint density at radius 2 is 1.08 bits per heavy atom. The molecule has 0 aliphatic rings. The largest absolute Gasteiger partial charge is 0.507 e. The zero-order valence-electron chi connectivity index (χ0n) is 19.8. The first-order valence-corrected chi connectivity index (χ1v) is 12.3. The minimum atomic E-state index is -0.0523. The van der Waals surface area contributed by atoms with E-state index in [0.717, 1.165) is 24.0 Å². The van der Waals surface area contributed by atoms with Crippen LogP contribution in [0.25, 0.3) is 11.1 Å². The zero-order chi connectivity index (χ0) is 26.9. The van der Waals surface area contributed by atoms with Crippen LogP contribution in [-0.4, -0.2) is 15.3 Å². The molecule has 0 atom stereocenters. The lowest BCUT2D eigenvalue weighted by Crippen LogP contribution is -1.88. The number of benzene rings is 4. The first kappa shape index (κ1) is 28.0. The maximum atomic E-state index is 10.0. The highest BCUT2D eigenvalue weighted by molar-refractivity contribution is 6.35. The van der Waals surface area contributed by atoms with E-state index in [0.29, 0.717) is 31.9 Å². The highest BCUT2D eigenvalue weighted by Crippen LogP contribution is 2.38. The van der Waals surface area contributed by atoms with E-state index >= 15 is 0 Å². The molecule has 4 nitrogen and oxygen atoms in total. The molecule has 4 aromatic rings. The SMILES string of the molecule is C=CCc1ccc(O)c(-c2cc(CC=C)ccc2O)c1.Oc1cc(Cl)ccc1Oc1ccc(Cl)cc1Cl. The van der Waals surface area contributed by atoms with Gasteiger partial charge in [0.15, 0.2) is 11.5 Å². The van der Waals surface area contributed by atoms with Gasteiger partial charge in [0.1, 0.15) is 17.2 Å². The molecule has 3 N–H and O–H groups in total. The van der Waals surface area contributed by atoms with E-state index in [4.69, 9.17) is 39.5 Å². The fourth-order valence-electron chi connectivity index (χ4n) is 3.44. The lowest BCUT2D eigenvalue weighted by molar-refractivity contribution is 0.411. The van der Waals surface area contributed by atoms with Gasteiger partial charge in [0.2, 0.25) is 0 Å². The van der Waals surface area contributed by atoms with Crippen molar-refractivity contribution in [2.45, 2.75) is 12.8 Å². The summed E-state index contributed by atoms with van der Waals surface area (Å²) < 4.78 is 5.45. The molecule has 0 saturated carbocycles. The topological polar surface area (TPSA) is 69.9 Å². The average molecular weight is 556 g/mol. The van der Waals surface area contributed by atoms with E-state index < -0.39 is 0 Å². The van der Waals surface area contributed by atoms with Crippen LogP contribution in [0.5, 0.6) is 28.7 Å². The molecule has 4 aromatic carbocycles. The minimum Gasteiger partial charge on any atom is -0.507 e. The van der Waals surface area contributed by atoms with E-state index in [2.05, 4.69) is 13.2 Å². The van der Waals surface area contributed by atoms with E-state index in [9.17, 15) is 15.3 Å². The van der Waals surface area contributed by atoms with Gasteiger partial charge < -0.3 is 20.1 Å². The number of hydrogen-bond acceptors (Lipinski definition) is 4. The molecule has 0 spiro atoms. The van der Waals surface area contributed by atoms with Crippen LogP contribution >= 0.6 is 34.8 Å². The molecule has 0 aliphatic carbocycles. The molecule has 7 heteroatoms. The van der Waals surface area contributed by atoms with Gasteiger partial charge in [-0.3, -0.25) is 0 Å². The second-order valence-electron chi connectivity index (χ2n) is 7.98. The quantitative estimate of drug-likeness (QED) is 0.199. The van der Waals surface area contributed by atoms with Crippen LogP contribution in [-0.2, 0) is 12.8 Å². The third-order valence-corrected chi connectivity index (χ3v) is 5.97. The Bertz CT molecular complexity index is 1310. The number of halogens is 3. The molecule has 0 bridgehead atoms. The van der Waals surface area contributed by atoms with Crippen LogP contribution < -0.4 is 4.74 Å². The van der Waals surface area contributed by atoms with E-state index in [1.165, 1.54) is 6.07 Å². The van der Waals surface area contributed by atoms with Crippen LogP contribution in [0.1, 0.15) is 11.1 Å². The normalized spacial score (nSPS) is 10.2. The van der Waals surface area contributed by atoms with Crippen LogP contribution in [0.4, 0.5) is 0 Å². The first-order valence-electron chi connectivity index (χ1n) is 11.2. The van der Waals surface area contributed by atoms with Gasteiger partial charge in [-0.1, -0.05) is 59.1 Å². The van der Waals surface area contributed by atoms with Crippen molar-refractivity contribution >= 4 is 34.8 Å². The number of ether oxygens (including phenoxy) is 1. The van der Waals surface area contributed by atoms with E-state index in [1.807, 2.05) is 36.4 Å². The van der Waals surface area contributed by atoms with Crippen molar-refractivity contribution in [3.05, 3.63) is 124 Å². The number of phenols is 3. The predicted octanol–water partition coefficient (Wildman–Crippen LogP) is 9.37. The Labute approximate surface area is 231 Å². The van der Waals surface area contributed by atoms with Crippen molar-refractivity contribution in [1.29, 1.82) is 0 Å². The number of phenolic OH excluding ortho intramolecular Hbond substituents is 3. The maximum Gasteiger partial charge on any atom is 0.169 e. The number of allylic oxidation sites excluding steroid dienone is 2. The molecule has 37 heavy (non-hydrogen) atoms. The van der Waals surface area contributed by atoms with Crippen molar-refractivity contribution in [2.24, 2.45) is 0 Å². The molecule has 0 aliphatic heterocycles. The Balaban J connectivity index is 0.000000208. The van der Waals surface area contributed by atoms with Gasteiger partial charge in [-0.05, 0) is 78.6 Å². The second-order valence-corrected chi connectivity index (χ2v) is 9.26. The Kier molecular flexibility index (Phi) is 9.93. The van der Waals surface area contributed by atoms with Gasteiger partial charge >= 0.3 is 0 Å². The molecule has 0 aromatic heterocycles. The summed E-state index contributed by atoms with van der Waals surface area (Å²) >= 11 is 17.4. The first-order chi connectivity index (χ1) is 17.7. The van der Waals surface area contributed by atoms with Gasteiger partial charge in [-0.2, -0.15) is 0 Å². The number of rotatable bonds is 7. The van der Waals surface area contributed by atoms with Crippen molar-refractivity contribution in [3.63, 3.8) is 0 Å². The maximum absolute atomic E-state index is 10.0. The summed E-state index contributed by atoms with van der Waals surface area (Å²) in [5.74, 6) is 0.948. The minimum absolute atomic E-state index is 0.0523. The summed E-state index contributed by atoms with van der Waals surface area (Å²) in [5, 5.41) is 31.0. The highest BCUT2D eigenvalue weighted by Gasteiger charge is 2.11. The zero-order valence-corrected chi connectivity index (χ0v) is 22.1. The second kappa shape index (κ2) is 13.1. The van der Waals surface area contributed by atoms with Gasteiger partial charge in [0.05, 0.1) is 5.02 Å². The summed E-state index contributed by atoms with van der Waals surface area (Å²) in [6.45, 7) is 7.43. The van der Waals surface area contributed by atoms with E-state index in [-0.39, 0.29) is 23.0 Å². The Morgan fingerprint density at radius 1 is 0.595 bits per heavy atom. The highest BCUT2D eigenvalue weighted by atomic mass is 35.5. The van der Waals surface area contributed by atoms with Crippen molar-refractivity contribution in [2.75, 3.05) is 0 Å².